The third-order valence-electron chi connectivity index (χ3n) is 2.21. The first-order chi connectivity index (χ1) is 6.50. The van der Waals surface area contributed by atoms with Gasteiger partial charge < -0.3 is 5.32 Å². The predicted molar refractivity (Wildman–Crippen MR) is 59.6 cm³/mol. The van der Waals surface area contributed by atoms with E-state index in [2.05, 4.69) is 32.2 Å². The van der Waals surface area contributed by atoms with Gasteiger partial charge in [0.05, 0.1) is 0 Å². The van der Waals surface area contributed by atoms with Crippen molar-refractivity contribution in [2.45, 2.75) is 33.6 Å². The highest BCUT2D eigenvalue weighted by molar-refractivity contribution is 5.88. The number of benzene rings is 1. The molecule has 0 heterocycles. The Kier molecular flexibility index (Phi) is 3.28. The Morgan fingerprint density at radius 2 is 2.00 bits per heavy atom. The van der Waals surface area contributed by atoms with Crippen molar-refractivity contribution in [1.82, 2.24) is 0 Å². The highest BCUT2D eigenvalue weighted by Crippen LogP contribution is 2.22. The van der Waals surface area contributed by atoms with E-state index in [-0.39, 0.29) is 5.91 Å². The van der Waals surface area contributed by atoms with Gasteiger partial charge in [-0.1, -0.05) is 19.9 Å². The van der Waals surface area contributed by atoms with Crippen molar-refractivity contribution < 1.29 is 4.79 Å². The fraction of sp³-hybridized carbons (Fsp3) is 0.417. The van der Waals surface area contributed by atoms with Gasteiger partial charge in [-0.05, 0) is 36.1 Å². The summed E-state index contributed by atoms with van der Waals surface area (Å²) in [4.78, 5) is 10.8. The normalized spacial score (nSPS) is 10.4. The predicted octanol–water partition coefficient (Wildman–Crippen LogP) is 3.08. The van der Waals surface area contributed by atoms with E-state index in [1.54, 1.807) is 0 Å². The van der Waals surface area contributed by atoms with Gasteiger partial charge in [0.15, 0.2) is 0 Å². The number of hydrogen-bond acceptors (Lipinski definition) is 1. The standard InChI is InChI=1S/C12H17NO/c1-8(2)12-6-5-11(7-9(12)3)13-10(4)14/h5-8H,1-4H3,(H,13,14). The first-order valence-electron chi connectivity index (χ1n) is 4.89. The van der Waals surface area contributed by atoms with E-state index in [9.17, 15) is 4.79 Å². The summed E-state index contributed by atoms with van der Waals surface area (Å²) in [6, 6.07) is 6.03. The lowest BCUT2D eigenvalue weighted by atomic mass is 9.98. The Morgan fingerprint density at radius 3 is 2.43 bits per heavy atom. The molecular formula is C12H17NO. The van der Waals surface area contributed by atoms with Crippen LogP contribution in [0.3, 0.4) is 0 Å². The van der Waals surface area contributed by atoms with Crippen molar-refractivity contribution in [1.29, 1.82) is 0 Å². The van der Waals surface area contributed by atoms with Crippen LogP contribution in [0.5, 0.6) is 0 Å². The second kappa shape index (κ2) is 4.27. The van der Waals surface area contributed by atoms with Crippen LogP contribution in [0.25, 0.3) is 0 Å². The van der Waals surface area contributed by atoms with Crippen molar-refractivity contribution in [3.8, 4) is 0 Å². The number of carbonyl (C=O) groups is 1. The molecule has 1 amide bonds. The highest BCUT2D eigenvalue weighted by atomic mass is 16.1. The molecule has 2 heteroatoms. The van der Waals surface area contributed by atoms with E-state index in [1.807, 2.05) is 12.1 Å². The van der Waals surface area contributed by atoms with Crippen LogP contribution in [-0.4, -0.2) is 5.91 Å². The van der Waals surface area contributed by atoms with E-state index in [1.165, 1.54) is 18.1 Å². The summed E-state index contributed by atoms with van der Waals surface area (Å²) in [6.45, 7) is 7.92. The maximum Gasteiger partial charge on any atom is 0.221 e. The molecule has 1 N–H and O–H groups in total. The average Bonchev–Trinajstić information content (AvgIpc) is 2.01. The monoisotopic (exact) mass is 191 g/mol. The summed E-state index contributed by atoms with van der Waals surface area (Å²) in [5, 5.41) is 2.77. The summed E-state index contributed by atoms with van der Waals surface area (Å²) in [5.41, 5.74) is 3.43. The molecule has 0 aliphatic carbocycles. The summed E-state index contributed by atoms with van der Waals surface area (Å²) in [5.74, 6) is 0.503. The molecule has 1 aromatic rings. The van der Waals surface area contributed by atoms with Gasteiger partial charge >= 0.3 is 0 Å². The molecule has 0 aromatic heterocycles. The molecule has 14 heavy (non-hydrogen) atoms. The summed E-state index contributed by atoms with van der Waals surface area (Å²) < 4.78 is 0. The molecule has 1 aromatic carbocycles. The molecule has 2 nitrogen and oxygen atoms in total. The fourth-order valence-corrected chi connectivity index (χ4v) is 1.60. The van der Waals surface area contributed by atoms with Crippen LogP contribution >= 0.6 is 0 Å². The lowest BCUT2D eigenvalue weighted by Gasteiger charge is -2.11. The molecule has 0 fully saturated rings. The number of nitrogens with one attached hydrogen (secondary N) is 1. The lowest BCUT2D eigenvalue weighted by Crippen LogP contribution is -2.06. The Balaban J connectivity index is 2.94. The molecular weight excluding hydrogens is 174 g/mol. The van der Waals surface area contributed by atoms with E-state index in [4.69, 9.17) is 0 Å². The molecule has 0 bridgehead atoms. The summed E-state index contributed by atoms with van der Waals surface area (Å²) in [7, 11) is 0. The number of amides is 1. The third-order valence-corrected chi connectivity index (χ3v) is 2.21. The van der Waals surface area contributed by atoms with Crippen molar-refractivity contribution in [2.75, 3.05) is 5.32 Å². The first-order valence-corrected chi connectivity index (χ1v) is 4.89. The number of anilines is 1. The lowest BCUT2D eigenvalue weighted by molar-refractivity contribution is -0.114. The molecule has 0 spiro atoms. The van der Waals surface area contributed by atoms with E-state index in [0.717, 1.165) is 5.69 Å². The zero-order chi connectivity index (χ0) is 10.7. The zero-order valence-corrected chi connectivity index (χ0v) is 9.22. The van der Waals surface area contributed by atoms with Crippen LogP contribution in [-0.2, 0) is 4.79 Å². The topological polar surface area (TPSA) is 29.1 Å². The largest absolute Gasteiger partial charge is 0.326 e. The Labute approximate surface area is 85.3 Å². The molecule has 0 aliphatic heterocycles. The zero-order valence-electron chi connectivity index (χ0n) is 9.22. The molecule has 76 valence electrons. The molecule has 0 unspecified atom stereocenters. The van der Waals surface area contributed by atoms with Crippen molar-refractivity contribution in [2.24, 2.45) is 0 Å². The van der Waals surface area contributed by atoms with Crippen LogP contribution < -0.4 is 5.32 Å². The maximum atomic E-state index is 10.8. The van der Waals surface area contributed by atoms with Gasteiger partial charge in [-0.25, -0.2) is 0 Å². The molecule has 0 saturated heterocycles. The second-order valence-electron chi connectivity index (χ2n) is 3.91. The van der Waals surface area contributed by atoms with Gasteiger partial charge in [0.2, 0.25) is 5.91 Å². The van der Waals surface area contributed by atoms with Gasteiger partial charge in [-0.15, -0.1) is 0 Å². The number of rotatable bonds is 2. The van der Waals surface area contributed by atoms with Crippen LogP contribution in [0.15, 0.2) is 18.2 Å². The minimum atomic E-state index is -0.0262. The molecule has 0 saturated carbocycles. The van der Waals surface area contributed by atoms with E-state index < -0.39 is 0 Å². The smallest absolute Gasteiger partial charge is 0.221 e. The molecule has 1 rings (SSSR count). The quantitative estimate of drug-likeness (QED) is 0.764. The van der Waals surface area contributed by atoms with Gasteiger partial charge in [0.25, 0.3) is 0 Å². The van der Waals surface area contributed by atoms with E-state index in [0.29, 0.717) is 5.92 Å². The SMILES string of the molecule is CC(=O)Nc1ccc(C(C)C)c(C)c1. The summed E-state index contributed by atoms with van der Waals surface area (Å²) >= 11 is 0. The maximum absolute atomic E-state index is 10.8. The Morgan fingerprint density at radius 1 is 1.36 bits per heavy atom. The minimum Gasteiger partial charge on any atom is -0.326 e. The number of hydrogen-bond donors (Lipinski definition) is 1. The van der Waals surface area contributed by atoms with Crippen LogP contribution in [0.1, 0.15) is 37.8 Å². The molecule has 0 radical (unpaired) electrons. The van der Waals surface area contributed by atoms with Crippen LogP contribution in [0.4, 0.5) is 5.69 Å². The highest BCUT2D eigenvalue weighted by Gasteiger charge is 2.04. The fourth-order valence-electron chi connectivity index (χ4n) is 1.60. The molecule has 0 atom stereocenters. The van der Waals surface area contributed by atoms with Gasteiger partial charge in [-0.2, -0.15) is 0 Å². The third kappa shape index (κ3) is 2.59. The first kappa shape index (κ1) is 10.8. The second-order valence-corrected chi connectivity index (χ2v) is 3.91. The Hall–Kier alpha value is -1.31. The van der Waals surface area contributed by atoms with Crippen molar-refractivity contribution in [3.63, 3.8) is 0 Å². The van der Waals surface area contributed by atoms with Crippen molar-refractivity contribution >= 4 is 11.6 Å². The van der Waals surface area contributed by atoms with Gasteiger partial charge in [-0.3, -0.25) is 4.79 Å². The van der Waals surface area contributed by atoms with Crippen molar-refractivity contribution in [3.05, 3.63) is 29.3 Å². The van der Waals surface area contributed by atoms with Gasteiger partial charge in [0.1, 0.15) is 0 Å². The minimum absolute atomic E-state index is 0.0262. The summed E-state index contributed by atoms with van der Waals surface area (Å²) in [6.07, 6.45) is 0. The van der Waals surface area contributed by atoms with E-state index >= 15 is 0 Å². The number of aryl methyl sites for hydroxylation is 1. The Bertz CT molecular complexity index is 342. The average molecular weight is 191 g/mol. The molecule has 0 aliphatic rings. The number of carbonyl (C=O) groups excluding carboxylic acids is 1. The van der Waals surface area contributed by atoms with Crippen LogP contribution in [0.2, 0.25) is 0 Å². The van der Waals surface area contributed by atoms with Crippen LogP contribution in [0, 0.1) is 6.92 Å². The van der Waals surface area contributed by atoms with Gasteiger partial charge in [0, 0.05) is 12.6 Å².